The summed E-state index contributed by atoms with van der Waals surface area (Å²) in [6.45, 7) is 0.662. The Morgan fingerprint density at radius 1 is 1.24 bits per heavy atom. The average Bonchev–Trinajstić information content (AvgIpc) is 3.09. The normalized spacial score (nSPS) is 26.4. The number of methoxy groups -OCH3 is 1. The summed E-state index contributed by atoms with van der Waals surface area (Å²) >= 11 is 0. The molecule has 142 valence electrons. The minimum atomic E-state index is -0.573. The fraction of sp³-hybridized carbons (Fsp3) is 0.765. The molecule has 8 nitrogen and oxygen atoms in total. The standard InChI is InChI=1S/C17H29N3O5/c1-24-9-8-18-16(22)10-13-6-7-14(15(11-21)25-13)20-17(23)19-12-4-2-3-5-12/h6-7,12-15,21H,2-5,8-11H2,1H3,(H,18,22)(H2,19,20,23)/t13-,14-,15-/m0/s1. The van der Waals surface area contributed by atoms with Gasteiger partial charge in [-0.3, -0.25) is 4.79 Å². The van der Waals surface area contributed by atoms with Crippen molar-refractivity contribution in [1.82, 2.24) is 16.0 Å². The molecule has 0 aromatic heterocycles. The topological polar surface area (TPSA) is 109 Å². The van der Waals surface area contributed by atoms with Crippen LogP contribution in [-0.4, -0.2) is 68.2 Å². The van der Waals surface area contributed by atoms with Gasteiger partial charge in [0.05, 0.1) is 31.8 Å². The van der Waals surface area contributed by atoms with E-state index in [1.807, 2.05) is 0 Å². The van der Waals surface area contributed by atoms with E-state index in [1.165, 1.54) is 0 Å². The summed E-state index contributed by atoms with van der Waals surface area (Å²) in [7, 11) is 1.57. The first-order chi connectivity index (χ1) is 12.1. The Morgan fingerprint density at radius 2 is 2.00 bits per heavy atom. The molecule has 2 aliphatic rings. The number of aliphatic hydroxyl groups excluding tert-OH is 1. The van der Waals surface area contributed by atoms with Crippen molar-refractivity contribution in [2.75, 3.05) is 26.9 Å². The number of carbonyl (C=O) groups excluding carboxylic acids is 2. The molecule has 3 amide bonds. The van der Waals surface area contributed by atoms with Gasteiger partial charge in [0.15, 0.2) is 0 Å². The Morgan fingerprint density at radius 3 is 2.68 bits per heavy atom. The molecule has 0 spiro atoms. The zero-order valence-corrected chi connectivity index (χ0v) is 14.7. The number of hydrogen-bond acceptors (Lipinski definition) is 5. The maximum Gasteiger partial charge on any atom is 0.315 e. The largest absolute Gasteiger partial charge is 0.394 e. The Bertz CT molecular complexity index is 465. The van der Waals surface area contributed by atoms with E-state index in [2.05, 4.69) is 16.0 Å². The summed E-state index contributed by atoms with van der Waals surface area (Å²) < 4.78 is 10.6. The van der Waals surface area contributed by atoms with Gasteiger partial charge in [-0.05, 0) is 12.8 Å². The van der Waals surface area contributed by atoms with Gasteiger partial charge in [-0.1, -0.05) is 25.0 Å². The second-order valence-electron chi connectivity index (χ2n) is 6.45. The van der Waals surface area contributed by atoms with Crippen molar-refractivity contribution < 1.29 is 24.2 Å². The number of nitrogens with one attached hydrogen (secondary N) is 3. The maximum absolute atomic E-state index is 12.1. The lowest BCUT2D eigenvalue weighted by atomic mass is 10.0. The fourth-order valence-electron chi connectivity index (χ4n) is 3.13. The van der Waals surface area contributed by atoms with Gasteiger partial charge in [-0.25, -0.2) is 4.79 Å². The quantitative estimate of drug-likeness (QED) is 0.364. The molecule has 1 heterocycles. The van der Waals surface area contributed by atoms with Crippen LogP contribution in [0, 0.1) is 0 Å². The molecule has 0 aromatic rings. The lowest BCUT2D eigenvalue weighted by Crippen LogP contribution is -2.53. The summed E-state index contributed by atoms with van der Waals surface area (Å²) in [5.41, 5.74) is 0. The van der Waals surface area contributed by atoms with Gasteiger partial charge in [0.1, 0.15) is 6.10 Å². The first-order valence-electron chi connectivity index (χ1n) is 8.89. The van der Waals surface area contributed by atoms with Crippen LogP contribution in [0.25, 0.3) is 0 Å². The highest BCUT2D eigenvalue weighted by Gasteiger charge is 2.29. The smallest absolute Gasteiger partial charge is 0.315 e. The summed E-state index contributed by atoms with van der Waals surface area (Å²) in [5, 5.41) is 18.0. The number of amides is 3. The van der Waals surface area contributed by atoms with Gasteiger partial charge in [-0.2, -0.15) is 0 Å². The average molecular weight is 355 g/mol. The number of rotatable bonds is 8. The molecule has 0 aromatic carbocycles. The van der Waals surface area contributed by atoms with Crippen molar-refractivity contribution in [3.05, 3.63) is 12.2 Å². The van der Waals surface area contributed by atoms with E-state index >= 15 is 0 Å². The molecular weight excluding hydrogens is 326 g/mol. The molecule has 8 heteroatoms. The summed E-state index contributed by atoms with van der Waals surface area (Å²) in [6.07, 6.45) is 7.01. The molecule has 1 saturated carbocycles. The molecule has 3 atom stereocenters. The minimum Gasteiger partial charge on any atom is -0.394 e. The van der Waals surface area contributed by atoms with Crippen LogP contribution in [0.1, 0.15) is 32.1 Å². The molecule has 4 N–H and O–H groups in total. The van der Waals surface area contributed by atoms with E-state index in [-0.39, 0.29) is 31.0 Å². The van der Waals surface area contributed by atoms with Crippen LogP contribution in [0.3, 0.4) is 0 Å². The van der Waals surface area contributed by atoms with Crippen molar-refractivity contribution in [3.63, 3.8) is 0 Å². The van der Waals surface area contributed by atoms with E-state index in [0.717, 1.165) is 25.7 Å². The summed E-state index contributed by atoms with van der Waals surface area (Å²) in [4.78, 5) is 23.9. The number of urea groups is 1. The third kappa shape index (κ3) is 6.64. The Kier molecular flexibility index (Phi) is 8.17. The number of aliphatic hydroxyl groups is 1. The second kappa shape index (κ2) is 10.4. The van der Waals surface area contributed by atoms with Gasteiger partial charge in [0.25, 0.3) is 0 Å². The third-order valence-corrected chi connectivity index (χ3v) is 4.47. The molecule has 2 rings (SSSR count). The van der Waals surface area contributed by atoms with Gasteiger partial charge in [-0.15, -0.1) is 0 Å². The van der Waals surface area contributed by atoms with Crippen LogP contribution in [0.2, 0.25) is 0 Å². The second-order valence-corrected chi connectivity index (χ2v) is 6.45. The summed E-state index contributed by atoms with van der Waals surface area (Å²) in [5.74, 6) is -0.145. The molecular formula is C17H29N3O5. The zero-order chi connectivity index (χ0) is 18.1. The van der Waals surface area contributed by atoms with Crippen molar-refractivity contribution in [2.45, 2.75) is 56.4 Å². The van der Waals surface area contributed by atoms with Crippen molar-refractivity contribution in [3.8, 4) is 0 Å². The maximum atomic E-state index is 12.1. The van der Waals surface area contributed by atoms with E-state index in [9.17, 15) is 14.7 Å². The first-order valence-corrected chi connectivity index (χ1v) is 8.89. The number of ether oxygens (including phenoxy) is 2. The number of carbonyl (C=O) groups is 2. The Balaban J connectivity index is 1.78. The predicted octanol–water partition coefficient (Wildman–Crippen LogP) is 0.0654. The predicted molar refractivity (Wildman–Crippen MR) is 92.1 cm³/mol. The molecule has 1 fully saturated rings. The Hall–Kier alpha value is -1.64. The van der Waals surface area contributed by atoms with Gasteiger partial charge in [0, 0.05) is 19.7 Å². The van der Waals surface area contributed by atoms with Crippen LogP contribution in [-0.2, 0) is 14.3 Å². The highest BCUT2D eigenvalue weighted by atomic mass is 16.5. The van der Waals surface area contributed by atoms with E-state index in [1.54, 1.807) is 19.3 Å². The van der Waals surface area contributed by atoms with Gasteiger partial charge in [0.2, 0.25) is 5.91 Å². The summed E-state index contributed by atoms with van der Waals surface area (Å²) in [6, 6.07) is -0.442. The van der Waals surface area contributed by atoms with Crippen molar-refractivity contribution in [2.24, 2.45) is 0 Å². The lowest BCUT2D eigenvalue weighted by Gasteiger charge is -2.32. The van der Waals surface area contributed by atoms with Crippen LogP contribution in [0.4, 0.5) is 4.79 Å². The van der Waals surface area contributed by atoms with Crippen molar-refractivity contribution in [1.29, 1.82) is 0 Å². The molecule has 0 saturated heterocycles. The first kappa shape index (κ1) is 19.7. The molecule has 0 bridgehead atoms. The fourth-order valence-corrected chi connectivity index (χ4v) is 3.13. The van der Waals surface area contributed by atoms with E-state index in [4.69, 9.17) is 9.47 Å². The van der Waals surface area contributed by atoms with Crippen LogP contribution < -0.4 is 16.0 Å². The van der Waals surface area contributed by atoms with E-state index in [0.29, 0.717) is 13.2 Å². The molecule has 0 unspecified atom stereocenters. The molecule has 1 aliphatic carbocycles. The molecule has 25 heavy (non-hydrogen) atoms. The zero-order valence-electron chi connectivity index (χ0n) is 14.7. The van der Waals surface area contributed by atoms with Gasteiger partial charge < -0.3 is 30.5 Å². The van der Waals surface area contributed by atoms with Gasteiger partial charge >= 0.3 is 6.03 Å². The molecule has 0 radical (unpaired) electrons. The molecule has 1 aliphatic heterocycles. The number of hydrogen-bond donors (Lipinski definition) is 4. The highest BCUT2D eigenvalue weighted by molar-refractivity contribution is 5.77. The van der Waals surface area contributed by atoms with Crippen molar-refractivity contribution >= 4 is 11.9 Å². The lowest BCUT2D eigenvalue weighted by molar-refractivity contribution is -0.125. The van der Waals surface area contributed by atoms with E-state index < -0.39 is 18.2 Å². The van der Waals surface area contributed by atoms with Crippen LogP contribution in [0.5, 0.6) is 0 Å². The Labute approximate surface area is 148 Å². The minimum absolute atomic E-state index is 0.145. The van der Waals surface area contributed by atoms with Crippen LogP contribution >= 0.6 is 0 Å². The third-order valence-electron chi connectivity index (χ3n) is 4.47. The highest BCUT2D eigenvalue weighted by Crippen LogP contribution is 2.18. The SMILES string of the molecule is COCCNC(=O)C[C@@H]1C=C[C@H](NC(=O)NC2CCCC2)[C@H](CO)O1. The monoisotopic (exact) mass is 355 g/mol. The van der Waals surface area contributed by atoms with Crippen LogP contribution in [0.15, 0.2) is 12.2 Å².